The average molecular weight is 411 g/mol. The quantitative estimate of drug-likeness (QED) is 0.358. The molecule has 7 nitrogen and oxygen atoms in total. The first-order chi connectivity index (χ1) is 14.7. The molecule has 30 heavy (non-hydrogen) atoms. The van der Waals surface area contributed by atoms with Crippen molar-refractivity contribution in [1.82, 2.24) is 15.6 Å². The van der Waals surface area contributed by atoms with Crippen LogP contribution >= 0.6 is 0 Å². The predicted octanol–water partition coefficient (Wildman–Crippen LogP) is 3.18. The molecular formula is C23H30N4O3. The summed E-state index contributed by atoms with van der Waals surface area (Å²) in [5.41, 5.74) is 3.32. The summed E-state index contributed by atoms with van der Waals surface area (Å²) in [4.78, 5) is 27.1. The molecule has 2 aromatic rings. The van der Waals surface area contributed by atoms with Crippen LogP contribution in [-0.2, 0) is 4.79 Å². The van der Waals surface area contributed by atoms with Crippen molar-refractivity contribution in [3.63, 3.8) is 0 Å². The molecule has 1 aromatic heterocycles. The smallest absolute Gasteiger partial charge is 0.257 e. The number of amides is 2. The van der Waals surface area contributed by atoms with Gasteiger partial charge >= 0.3 is 0 Å². The lowest BCUT2D eigenvalue weighted by Crippen LogP contribution is -2.47. The fourth-order valence-corrected chi connectivity index (χ4v) is 3.66. The lowest BCUT2D eigenvalue weighted by atomic mass is 10.0. The van der Waals surface area contributed by atoms with Crippen molar-refractivity contribution in [1.29, 1.82) is 0 Å². The highest BCUT2D eigenvalue weighted by molar-refractivity contribution is 5.94. The van der Waals surface area contributed by atoms with E-state index in [9.17, 15) is 9.59 Å². The molecule has 0 bridgehead atoms. The first-order valence-corrected chi connectivity index (χ1v) is 10.7. The molecular weight excluding hydrogens is 380 g/mol. The van der Waals surface area contributed by atoms with Gasteiger partial charge in [0.2, 0.25) is 0 Å². The summed E-state index contributed by atoms with van der Waals surface area (Å²) in [5, 5.41) is 6.97. The first-order valence-electron chi connectivity index (χ1n) is 10.7. The zero-order valence-corrected chi connectivity index (χ0v) is 17.3. The van der Waals surface area contributed by atoms with Crippen molar-refractivity contribution in [3.8, 4) is 0 Å². The van der Waals surface area contributed by atoms with Gasteiger partial charge in [0.25, 0.3) is 11.8 Å². The summed E-state index contributed by atoms with van der Waals surface area (Å²) < 4.78 is 5.19. The Morgan fingerprint density at radius 3 is 2.60 bits per heavy atom. The number of rotatable bonds is 10. The molecule has 0 unspecified atom stereocenters. The van der Waals surface area contributed by atoms with Gasteiger partial charge in [-0.2, -0.15) is 5.10 Å². The highest BCUT2D eigenvalue weighted by Crippen LogP contribution is 2.16. The molecule has 1 fully saturated rings. The Morgan fingerprint density at radius 1 is 1.07 bits per heavy atom. The molecule has 2 heterocycles. The van der Waals surface area contributed by atoms with Gasteiger partial charge in [-0.15, -0.1) is 0 Å². The maximum Gasteiger partial charge on any atom is 0.257 e. The monoisotopic (exact) mass is 410 g/mol. The molecule has 1 saturated heterocycles. The van der Waals surface area contributed by atoms with Crippen LogP contribution in [0, 0.1) is 0 Å². The number of hydrogen-bond acceptors (Lipinski definition) is 5. The van der Waals surface area contributed by atoms with Crippen molar-refractivity contribution in [3.05, 3.63) is 60.1 Å². The van der Waals surface area contributed by atoms with Gasteiger partial charge in [0.1, 0.15) is 5.76 Å². The first kappa shape index (κ1) is 21.8. The number of nitrogens with one attached hydrogen (secondary N) is 2. The van der Waals surface area contributed by atoms with Crippen LogP contribution in [0.5, 0.6) is 0 Å². The molecule has 1 aliphatic rings. The summed E-state index contributed by atoms with van der Waals surface area (Å²) in [7, 11) is 0. The lowest BCUT2D eigenvalue weighted by Gasteiger charge is -2.33. The Kier molecular flexibility index (Phi) is 8.65. The molecule has 1 aromatic carbocycles. The van der Waals surface area contributed by atoms with Crippen LogP contribution < -0.4 is 10.7 Å². The van der Waals surface area contributed by atoms with Crippen LogP contribution in [0.15, 0.2) is 58.2 Å². The van der Waals surface area contributed by atoms with Crippen LogP contribution in [0.4, 0.5) is 0 Å². The highest BCUT2D eigenvalue weighted by atomic mass is 16.3. The number of furan rings is 1. The molecule has 1 atom stereocenters. The summed E-state index contributed by atoms with van der Waals surface area (Å²) >= 11 is 0. The molecule has 7 heteroatoms. The number of hydrogen-bond donors (Lipinski definition) is 2. The van der Waals surface area contributed by atoms with E-state index < -0.39 is 0 Å². The summed E-state index contributed by atoms with van der Waals surface area (Å²) in [5.74, 6) is 0.445. The minimum atomic E-state index is -0.205. The number of hydrazone groups is 1. The van der Waals surface area contributed by atoms with Gasteiger partial charge in [-0.25, -0.2) is 5.43 Å². The van der Waals surface area contributed by atoms with E-state index in [4.69, 9.17) is 4.42 Å². The van der Waals surface area contributed by atoms with E-state index in [0.29, 0.717) is 17.9 Å². The number of nitrogens with zero attached hydrogens (tertiary/aromatic N) is 2. The maximum absolute atomic E-state index is 12.8. The van der Waals surface area contributed by atoms with Gasteiger partial charge in [0.15, 0.2) is 0 Å². The van der Waals surface area contributed by atoms with Crippen molar-refractivity contribution < 1.29 is 14.0 Å². The van der Waals surface area contributed by atoms with Gasteiger partial charge in [-0.05, 0) is 69.5 Å². The van der Waals surface area contributed by atoms with Gasteiger partial charge in [-0.1, -0.05) is 24.6 Å². The van der Waals surface area contributed by atoms with Crippen LogP contribution in [0.25, 0.3) is 0 Å². The van der Waals surface area contributed by atoms with Crippen LogP contribution in [0.1, 0.15) is 54.6 Å². The summed E-state index contributed by atoms with van der Waals surface area (Å²) in [6, 6.07) is 12.5. The molecule has 0 spiro atoms. The van der Waals surface area contributed by atoms with Gasteiger partial charge in [-0.3, -0.25) is 14.5 Å². The average Bonchev–Trinajstić information content (AvgIpc) is 3.30. The second kappa shape index (κ2) is 11.9. The number of piperidine rings is 1. The molecule has 0 aliphatic carbocycles. The van der Waals surface area contributed by atoms with Crippen molar-refractivity contribution >= 4 is 18.0 Å². The zero-order valence-electron chi connectivity index (χ0n) is 17.3. The fourth-order valence-electron chi connectivity index (χ4n) is 3.66. The number of benzene rings is 1. The minimum Gasteiger partial charge on any atom is -0.463 e. The Bertz CT molecular complexity index is 799. The minimum absolute atomic E-state index is 0.0619. The lowest BCUT2D eigenvalue weighted by molar-refractivity contribution is -0.127. The largest absolute Gasteiger partial charge is 0.463 e. The summed E-state index contributed by atoms with van der Waals surface area (Å²) in [6.45, 7) is 2.47. The second-order valence-corrected chi connectivity index (χ2v) is 7.48. The molecule has 2 amide bonds. The Morgan fingerprint density at radius 2 is 1.87 bits per heavy atom. The number of carbonyl (C=O) groups excluding carboxylic acids is 2. The third-order valence-corrected chi connectivity index (χ3v) is 5.27. The van der Waals surface area contributed by atoms with Gasteiger partial charge in [0, 0.05) is 12.1 Å². The van der Waals surface area contributed by atoms with E-state index >= 15 is 0 Å². The number of unbranched alkanes of at least 4 members (excludes halogenated alkanes) is 1. The van der Waals surface area contributed by atoms with Gasteiger partial charge in [0.05, 0.1) is 18.5 Å². The SMILES string of the molecule is O=C(NCCCC[C@@H](C(=O)N/N=C/c1ccco1)N1CCCCC1)c1ccccc1. The van der Waals surface area contributed by atoms with Gasteiger partial charge < -0.3 is 9.73 Å². The van der Waals surface area contributed by atoms with E-state index in [-0.39, 0.29) is 17.9 Å². The molecule has 3 rings (SSSR count). The highest BCUT2D eigenvalue weighted by Gasteiger charge is 2.26. The van der Waals surface area contributed by atoms with Crippen molar-refractivity contribution in [2.24, 2.45) is 5.10 Å². The van der Waals surface area contributed by atoms with Crippen LogP contribution in [0.2, 0.25) is 0 Å². The maximum atomic E-state index is 12.8. The molecule has 2 N–H and O–H groups in total. The van der Waals surface area contributed by atoms with Crippen LogP contribution in [-0.4, -0.2) is 48.6 Å². The molecule has 0 saturated carbocycles. The number of carbonyl (C=O) groups is 2. The Balaban J connectivity index is 1.45. The Hall–Kier alpha value is -2.93. The number of likely N-dealkylation sites (tertiary alicyclic amines) is 1. The van der Waals surface area contributed by atoms with E-state index in [1.54, 1.807) is 30.5 Å². The van der Waals surface area contributed by atoms with Crippen LogP contribution in [0.3, 0.4) is 0 Å². The standard InChI is InChI=1S/C23H30N4O3/c28-22(19-10-3-1-4-11-19)24-14-6-5-13-21(27-15-7-2-8-16-27)23(29)26-25-18-20-12-9-17-30-20/h1,3-4,9-12,17-18,21H,2,5-8,13-16H2,(H,24,28)(H,26,29)/b25-18+/t21-/m0/s1. The van der Waals surface area contributed by atoms with E-state index in [1.807, 2.05) is 18.2 Å². The van der Waals surface area contributed by atoms with E-state index in [1.165, 1.54) is 12.6 Å². The second-order valence-electron chi connectivity index (χ2n) is 7.48. The predicted molar refractivity (Wildman–Crippen MR) is 116 cm³/mol. The van der Waals surface area contributed by atoms with Crippen molar-refractivity contribution in [2.45, 2.75) is 44.6 Å². The Labute approximate surface area is 177 Å². The molecule has 1 aliphatic heterocycles. The van der Waals surface area contributed by atoms with E-state index in [2.05, 4.69) is 20.7 Å². The van der Waals surface area contributed by atoms with Crippen molar-refractivity contribution in [2.75, 3.05) is 19.6 Å². The normalized spacial score (nSPS) is 15.7. The topological polar surface area (TPSA) is 86.9 Å². The van der Waals surface area contributed by atoms with E-state index in [0.717, 1.165) is 45.2 Å². The fraction of sp³-hybridized carbons (Fsp3) is 0.435. The molecule has 0 radical (unpaired) electrons. The summed E-state index contributed by atoms with van der Waals surface area (Å²) in [6.07, 6.45) is 8.94. The zero-order chi connectivity index (χ0) is 21.0. The third-order valence-electron chi connectivity index (χ3n) is 5.27. The molecule has 160 valence electrons. The third kappa shape index (κ3) is 6.84.